The molecule has 188 valence electrons. The maximum atomic E-state index is 14.3. The number of pyridine rings is 1. The van der Waals surface area contributed by atoms with Crippen LogP contribution in [0.3, 0.4) is 0 Å². The van der Waals surface area contributed by atoms with Crippen molar-refractivity contribution in [3.8, 4) is 16.9 Å². The highest BCUT2D eigenvalue weighted by Crippen LogP contribution is 2.27. The number of Topliss-reactive ketones (excluding diaryl/α,β-unsaturated/α-hetero) is 1. The zero-order chi connectivity index (χ0) is 26.5. The maximum Gasteiger partial charge on any atom is 0.258 e. The van der Waals surface area contributed by atoms with Crippen molar-refractivity contribution in [1.82, 2.24) is 24.7 Å². The average molecular weight is 527 g/mol. The first-order chi connectivity index (χ1) is 18.5. The number of carbonyl (C=O) groups excluding carboxylic acids is 2. The quantitative estimate of drug-likeness (QED) is 0.265. The number of aromatic nitrogens is 5. The van der Waals surface area contributed by atoms with Gasteiger partial charge in [0.05, 0.1) is 16.3 Å². The van der Waals surface area contributed by atoms with Crippen LogP contribution in [0.5, 0.6) is 0 Å². The molecule has 1 N–H and O–H groups in total. The predicted molar refractivity (Wildman–Crippen MR) is 141 cm³/mol. The molecular formula is C28H20ClFN6O2. The van der Waals surface area contributed by atoms with Crippen molar-refractivity contribution in [2.75, 3.05) is 5.32 Å². The zero-order valence-electron chi connectivity index (χ0n) is 19.9. The second-order valence-corrected chi connectivity index (χ2v) is 8.68. The van der Waals surface area contributed by atoms with Gasteiger partial charge in [-0.3, -0.25) is 14.6 Å². The van der Waals surface area contributed by atoms with Crippen LogP contribution in [0.15, 0.2) is 91.5 Å². The molecule has 1 amide bonds. The lowest BCUT2D eigenvalue weighted by molar-refractivity contribution is 0.0975. The highest BCUT2D eigenvalue weighted by Gasteiger charge is 2.20. The summed E-state index contributed by atoms with van der Waals surface area (Å²) in [7, 11) is 0. The van der Waals surface area contributed by atoms with Crippen LogP contribution in [0.2, 0.25) is 5.02 Å². The van der Waals surface area contributed by atoms with Crippen molar-refractivity contribution in [3.05, 3.63) is 119 Å². The first-order valence-corrected chi connectivity index (χ1v) is 12.0. The van der Waals surface area contributed by atoms with Crippen molar-refractivity contribution in [3.63, 3.8) is 0 Å². The van der Waals surface area contributed by atoms with Crippen LogP contribution in [0.4, 0.5) is 10.2 Å². The maximum absolute atomic E-state index is 14.3. The molecule has 0 saturated heterocycles. The molecule has 0 aliphatic carbocycles. The van der Waals surface area contributed by atoms with E-state index in [9.17, 15) is 14.0 Å². The number of nitrogens with one attached hydrogen (secondary N) is 1. The normalized spacial score (nSPS) is 10.8. The van der Waals surface area contributed by atoms with Crippen LogP contribution in [0.25, 0.3) is 16.9 Å². The second kappa shape index (κ2) is 11.1. The molecule has 0 aliphatic rings. The van der Waals surface area contributed by atoms with Gasteiger partial charge in [0.2, 0.25) is 0 Å². The van der Waals surface area contributed by atoms with Crippen molar-refractivity contribution in [2.24, 2.45) is 0 Å². The number of para-hydroxylation sites is 1. The molecule has 5 aromatic rings. The summed E-state index contributed by atoms with van der Waals surface area (Å²) in [5.41, 5.74) is 2.19. The molecule has 0 atom stereocenters. The van der Waals surface area contributed by atoms with Crippen molar-refractivity contribution < 1.29 is 14.0 Å². The lowest BCUT2D eigenvalue weighted by Gasteiger charge is -2.11. The first kappa shape index (κ1) is 24.9. The minimum atomic E-state index is -0.551. The molecule has 0 saturated carbocycles. The van der Waals surface area contributed by atoms with E-state index in [4.69, 9.17) is 11.6 Å². The summed E-state index contributed by atoms with van der Waals surface area (Å²) in [5.74, 6) is -1.00. The lowest BCUT2D eigenvalue weighted by atomic mass is 10.1. The number of ketones is 1. The molecule has 0 bridgehead atoms. The molecule has 5 rings (SSSR count). The molecule has 10 heteroatoms. The van der Waals surface area contributed by atoms with Gasteiger partial charge in [0, 0.05) is 36.1 Å². The van der Waals surface area contributed by atoms with Gasteiger partial charge in [-0.25, -0.2) is 19.0 Å². The number of anilines is 1. The van der Waals surface area contributed by atoms with Crippen molar-refractivity contribution in [2.45, 2.75) is 12.8 Å². The summed E-state index contributed by atoms with van der Waals surface area (Å²) in [6.45, 7) is 0. The molecule has 8 nitrogen and oxygen atoms in total. The zero-order valence-corrected chi connectivity index (χ0v) is 20.6. The Morgan fingerprint density at radius 2 is 1.79 bits per heavy atom. The van der Waals surface area contributed by atoms with Crippen LogP contribution in [0, 0.1) is 5.82 Å². The van der Waals surface area contributed by atoms with E-state index in [0.29, 0.717) is 17.7 Å². The third kappa shape index (κ3) is 5.47. The minimum Gasteiger partial charge on any atom is -0.306 e. The Bertz CT molecular complexity index is 1610. The number of aryl methyl sites for hydroxylation is 1. The van der Waals surface area contributed by atoms with Gasteiger partial charge in [0.15, 0.2) is 5.78 Å². The van der Waals surface area contributed by atoms with E-state index in [0.717, 1.165) is 5.69 Å². The van der Waals surface area contributed by atoms with E-state index in [-0.39, 0.29) is 40.0 Å². The highest BCUT2D eigenvalue weighted by molar-refractivity contribution is 6.34. The molecule has 0 unspecified atom stereocenters. The van der Waals surface area contributed by atoms with E-state index in [1.165, 1.54) is 47.5 Å². The number of amides is 1. The van der Waals surface area contributed by atoms with Crippen LogP contribution < -0.4 is 5.32 Å². The number of rotatable bonds is 8. The standard InChI is InChI=1S/C28H20ClFN6O2/c29-22-10-8-18(27-23(30)7-4-13-32-27)15-21(22)28(38)34-26-16-24(35-36(26)20-5-2-1-3-6-20)25(37)11-9-19-12-14-31-17-33-19/h1-8,10,12-17H,9,11H2,(H,34,38). The fraction of sp³-hybridized carbons (Fsp3) is 0.0714. The number of benzene rings is 2. The number of nitrogens with zero attached hydrogens (tertiary/aromatic N) is 5. The predicted octanol–water partition coefficient (Wildman–Crippen LogP) is 5.58. The van der Waals surface area contributed by atoms with E-state index >= 15 is 0 Å². The van der Waals surface area contributed by atoms with Crippen LogP contribution in [-0.2, 0) is 6.42 Å². The summed E-state index contributed by atoms with van der Waals surface area (Å²) in [6, 6.07) is 19.7. The summed E-state index contributed by atoms with van der Waals surface area (Å²) in [4.78, 5) is 38.4. The Morgan fingerprint density at radius 3 is 2.55 bits per heavy atom. The monoisotopic (exact) mass is 526 g/mol. The molecule has 38 heavy (non-hydrogen) atoms. The molecule has 3 heterocycles. The van der Waals surface area contributed by atoms with Gasteiger partial charge in [0.1, 0.15) is 29.4 Å². The Balaban J connectivity index is 1.44. The molecular weight excluding hydrogens is 507 g/mol. The minimum absolute atomic E-state index is 0.101. The van der Waals surface area contributed by atoms with Gasteiger partial charge in [-0.1, -0.05) is 35.9 Å². The topological polar surface area (TPSA) is 103 Å². The fourth-order valence-electron chi connectivity index (χ4n) is 3.84. The van der Waals surface area contributed by atoms with Crippen LogP contribution in [-0.4, -0.2) is 36.4 Å². The molecule has 3 aromatic heterocycles. The van der Waals surface area contributed by atoms with Crippen LogP contribution in [0.1, 0.15) is 33.0 Å². The third-order valence-corrected chi connectivity index (χ3v) is 6.06. The Morgan fingerprint density at radius 1 is 0.947 bits per heavy atom. The fourth-order valence-corrected chi connectivity index (χ4v) is 4.04. The summed E-state index contributed by atoms with van der Waals surface area (Å²) < 4.78 is 15.8. The lowest BCUT2D eigenvalue weighted by Crippen LogP contribution is -2.15. The number of hydrogen-bond acceptors (Lipinski definition) is 6. The van der Waals surface area contributed by atoms with Gasteiger partial charge in [-0.15, -0.1) is 0 Å². The largest absolute Gasteiger partial charge is 0.306 e. The van der Waals surface area contributed by atoms with E-state index in [2.05, 4.69) is 25.4 Å². The molecule has 0 radical (unpaired) electrons. The highest BCUT2D eigenvalue weighted by atomic mass is 35.5. The first-order valence-electron chi connectivity index (χ1n) is 11.6. The van der Waals surface area contributed by atoms with Crippen molar-refractivity contribution >= 4 is 29.1 Å². The molecule has 0 aliphatic heterocycles. The van der Waals surface area contributed by atoms with E-state index in [1.807, 2.05) is 18.2 Å². The third-order valence-electron chi connectivity index (χ3n) is 5.73. The molecule has 0 fully saturated rings. The molecule has 0 spiro atoms. The average Bonchev–Trinajstić information content (AvgIpc) is 3.37. The van der Waals surface area contributed by atoms with Crippen LogP contribution >= 0.6 is 11.6 Å². The Kier molecular flexibility index (Phi) is 7.28. The summed E-state index contributed by atoms with van der Waals surface area (Å²) in [5, 5.41) is 7.44. The SMILES string of the molecule is O=C(CCc1ccncn1)c1cc(NC(=O)c2cc(-c3ncccc3F)ccc2Cl)n(-c2ccccc2)n1. The van der Waals surface area contributed by atoms with Crippen molar-refractivity contribution in [1.29, 1.82) is 0 Å². The number of halogens is 2. The number of carbonyl (C=O) groups is 2. The smallest absolute Gasteiger partial charge is 0.258 e. The van der Waals surface area contributed by atoms with Gasteiger partial charge >= 0.3 is 0 Å². The Hall–Kier alpha value is -4.76. The Labute approximate surface area is 222 Å². The number of hydrogen-bond donors (Lipinski definition) is 1. The van der Waals surface area contributed by atoms with Gasteiger partial charge in [-0.05, 0) is 48.9 Å². The van der Waals surface area contributed by atoms with Gasteiger partial charge in [-0.2, -0.15) is 5.10 Å². The van der Waals surface area contributed by atoms with Gasteiger partial charge < -0.3 is 5.32 Å². The van der Waals surface area contributed by atoms with E-state index in [1.54, 1.807) is 30.5 Å². The van der Waals surface area contributed by atoms with E-state index < -0.39 is 11.7 Å². The molecule has 2 aromatic carbocycles. The summed E-state index contributed by atoms with van der Waals surface area (Å²) in [6.07, 6.45) is 5.12. The second-order valence-electron chi connectivity index (χ2n) is 8.27. The summed E-state index contributed by atoms with van der Waals surface area (Å²) >= 11 is 6.33. The van der Waals surface area contributed by atoms with Gasteiger partial charge in [0.25, 0.3) is 5.91 Å².